The Labute approximate surface area is 138 Å². The van der Waals surface area contributed by atoms with E-state index in [4.69, 9.17) is 0 Å². The largest absolute Gasteiger partial charge is 0.338 e. The molecule has 0 aliphatic carbocycles. The van der Waals surface area contributed by atoms with Crippen LogP contribution in [0.5, 0.6) is 0 Å². The van der Waals surface area contributed by atoms with E-state index >= 15 is 0 Å². The molecule has 2 aromatic heterocycles. The standard InChI is InChI=1S/C18H16N6/c1-12(11-13-7-3-2-4-8-13)21-23-18-20-17-16(22-24-18)14-9-5-6-10-15(14)19-17/h2-10H,11H2,1H3,(H2,19,20,23,24)/b21-12+. The Hall–Kier alpha value is -3.28. The third kappa shape index (κ3) is 2.81. The first-order chi connectivity index (χ1) is 11.8. The normalized spacial score (nSPS) is 12.0. The maximum absolute atomic E-state index is 4.44. The number of H-pyrrole nitrogens is 1. The van der Waals surface area contributed by atoms with Crippen LogP contribution in [-0.4, -0.2) is 25.9 Å². The van der Waals surface area contributed by atoms with Gasteiger partial charge in [0.25, 0.3) is 5.95 Å². The minimum atomic E-state index is 0.376. The molecule has 0 spiro atoms. The molecule has 0 atom stereocenters. The minimum Gasteiger partial charge on any atom is -0.338 e. The number of hydrogen-bond donors (Lipinski definition) is 2. The Morgan fingerprint density at radius 3 is 2.71 bits per heavy atom. The van der Waals surface area contributed by atoms with Gasteiger partial charge in [-0.25, -0.2) is 5.43 Å². The monoisotopic (exact) mass is 316 g/mol. The maximum Gasteiger partial charge on any atom is 0.265 e. The van der Waals surface area contributed by atoms with Gasteiger partial charge in [0.15, 0.2) is 5.65 Å². The highest BCUT2D eigenvalue weighted by atomic mass is 15.4. The van der Waals surface area contributed by atoms with Gasteiger partial charge in [-0.3, -0.25) is 0 Å². The predicted molar refractivity (Wildman–Crippen MR) is 96.1 cm³/mol. The Morgan fingerprint density at radius 1 is 1.04 bits per heavy atom. The predicted octanol–water partition coefficient (Wildman–Crippen LogP) is 3.54. The van der Waals surface area contributed by atoms with Gasteiger partial charge in [0.1, 0.15) is 5.52 Å². The molecule has 0 bridgehead atoms. The fourth-order valence-electron chi connectivity index (χ4n) is 2.64. The van der Waals surface area contributed by atoms with Gasteiger partial charge in [0.2, 0.25) is 0 Å². The number of hydrogen-bond acceptors (Lipinski definition) is 5. The molecule has 4 rings (SSSR count). The van der Waals surface area contributed by atoms with Crippen molar-refractivity contribution in [1.82, 2.24) is 20.2 Å². The van der Waals surface area contributed by atoms with E-state index in [2.05, 4.69) is 42.8 Å². The van der Waals surface area contributed by atoms with Crippen LogP contribution in [0.2, 0.25) is 0 Å². The van der Waals surface area contributed by atoms with Crippen LogP contribution in [0.1, 0.15) is 12.5 Å². The van der Waals surface area contributed by atoms with Crippen LogP contribution in [0.15, 0.2) is 59.7 Å². The zero-order valence-corrected chi connectivity index (χ0v) is 13.2. The van der Waals surface area contributed by atoms with Gasteiger partial charge in [0.05, 0.1) is 0 Å². The molecule has 0 fully saturated rings. The van der Waals surface area contributed by atoms with Crippen molar-refractivity contribution in [3.8, 4) is 0 Å². The van der Waals surface area contributed by atoms with Crippen molar-refractivity contribution < 1.29 is 0 Å². The number of fused-ring (bicyclic) bond motifs is 3. The van der Waals surface area contributed by atoms with E-state index in [0.29, 0.717) is 11.6 Å². The molecule has 0 radical (unpaired) electrons. The summed E-state index contributed by atoms with van der Waals surface area (Å²) in [6.45, 7) is 1.97. The van der Waals surface area contributed by atoms with Gasteiger partial charge in [-0.15, -0.1) is 10.2 Å². The van der Waals surface area contributed by atoms with Crippen molar-refractivity contribution >= 4 is 33.7 Å². The first kappa shape index (κ1) is 14.3. The molecule has 24 heavy (non-hydrogen) atoms. The van der Waals surface area contributed by atoms with E-state index in [9.17, 15) is 0 Å². The fraction of sp³-hybridized carbons (Fsp3) is 0.111. The summed E-state index contributed by atoms with van der Waals surface area (Å²) in [7, 11) is 0. The second-order valence-electron chi connectivity index (χ2n) is 5.62. The van der Waals surface area contributed by atoms with Gasteiger partial charge in [-0.1, -0.05) is 48.5 Å². The third-order valence-electron chi connectivity index (χ3n) is 3.77. The second-order valence-corrected chi connectivity index (χ2v) is 5.62. The number of benzene rings is 2. The second kappa shape index (κ2) is 6.08. The van der Waals surface area contributed by atoms with E-state index in [-0.39, 0.29) is 0 Å². The molecule has 4 aromatic rings. The molecule has 2 heterocycles. The average molecular weight is 316 g/mol. The summed E-state index contributed by atoms with van der Waals surface area (Å²) in [5, 5.41) is 13.7. The number of aromatic nitrogens is 4. The van der Waals surface area contributed by atoms with Gasteiger partial charge in [-0.05, 0) is 18.6 Å². The molecule has 0 saturated carbocycles. The smallest absolute Gasteiger partial charge is 0.265 e. The van der Waals surface area contributed by atoms with Crippen LogP contribution < -0.4 is 5.43 Å². The van der Waals surface area contributed by atoms with Crippen molar-refractivity contribution in [1.29, 1.82) is 0 Å². The minimum absolute atomic E-state index is 0.376. The first-order valence-corrected chi connectivity index (χ1v) is 7.74. The number of anilines is 1. The Bertz CT molecular complexity index is 1020. The first-order valence-electron chi connectivity index (χ1n) is 7.74. The van der Waals surface area contributed by atoms with E-state index in [1.165, 1.54) is 5.56 Å². The van der Waals surface area contributed by atoms with Crippen molar-refractivity contribution in [3.63, 3.8) is 0 Å². The lowest BCUT2D eigenvalue weighted by atomic mass is 10.1. The van der Waals surface area contributed by atoms with Crippen molar-refractivity contribution in [3.05, 3.63) is 60.2 Å². The van der Waals surface area contributed by atoms with Crippen molar-refractivity contribution in [2.45, 2.75) is 13.3 Å². The number of aromatic amines is 1. The number of nitrogens with zero attached hydrogens (tertiary/aromatic N) is 4. The molecular weight excluding hydrogens is 300 g/mol. The molecule has 6 heteroatoms. The van der Waals surface area contributed by atoms with Crippen LogP contribution in [-0.2, 0) is 6.42 Å². The topological polar surface area (TPSA) is 78.8 Å². The summed E-state index contributed by atoms with van der Waals surface area (Å²) < 4.78 is 0. The van der Waals surface area contributed by atoms with Gasteiger partial charge in [-0.2, -0.15) is 10.1 Å². The van der Waals surface area contributed by atoms with Crippen LogP contribution >= 0.6 is 0 Å². The molecule has 0 unspecified atom stereocenters. The van der Waals surface area contributed by atoms with Crippen LogP contribution in [0.4, 0.5) is 5.95 Å². The molecule has 0 amide bonds. The van der Waals surface area contributed by atoms with E-state index < -0.39 is 0 Å². The summed E-state index contributed by atoms with van der Waals surface area (Å²) in [5.41, 5.74) is 7.50. The number of hydrazone groups is 1. The van der Waals surface area contributed by atoms with Crippen LogP contribution in [0.25, 0.3) is 22.1 Å². The molecule has 2 N–H and O–H groups in total. The highest BCUT2D eigenvalue weighted by Gasteiger charge is 2.08. The Balaban J connectivity index is 1.56. The quantitative estimate of drug-likeness (QED) is 0.446. The lowest BCUT2D eigenvalue weighted by molar-refractivity contribution is 1.00. The van der Waals surface area contributed by atoms with E-state index in [0.717, 1.165) is 28.6 Å². The summed E-state index contributed by atoms with van der Waals surface area (Å²) in [6, 6.07) is 18.1. The summed E-state index contributed by atoms with van der Waals surface area (Å²) in [5.74, 6) is 0.376. The molecular formula is C18H16N6. The highest BCUT2D eigenvalue weighted by molar-refractivity contribution is 6.03. The van der Waals surface area contributed by atoms with Crippen LogP contribution in [0, 0.1) is 0 Å². The average Bonchev–Trinajstić information content (AvgIpc) is 2.98. The van der Waals surface area contributed by atoms with E-state index in [1.54, 1.807) is 0 Å². The molecule has 0 saturated heterocycles. The third-order valence-corrected chi connectivity index (χ3v) is 3.77. The highest BCUT2D eigenvalue weighted by Crippen LogP contribution is 2.21. The number of nitrogens with one attached hydrogen (secondary N) is 2. The summed E-state index contributed by atoms with van der Waals surface area (Å²) >= 11 is 0. The van der Waals surface area contributed by atoms with Crippen LogP contribution in [0.3, 0.4) is 0 Å². The molecule has 6 nitrogen and oxygen atoms in total. The maximum atomic E-state index is 4.44. The zero-order chi connectivity index (χ0) is 16.4. The van der Waals surface area contributed by atoms with Gasteiger partial charge in [0, 0.05) is 23.0 Å². The van der Waals surface area contributed by atoms with Crippen molar-refractivity contribution in [2.75, 3.05) is 5.43 Å². The lowest BCUT2D eigenvalue weighted by Crippen LogP contribution is -2.04. The SMILES string of the molecule is C/C(Cc1ccccc1)=N\Nc1nnc2c(n1)[nH]c1ccccc12. The molecule has 118 valence electrons. The molecule has 0 aliphatic heterocycles. The lowest BCUT2D eigenvalue weighted by Gasteiger charge is -2.02. The zero-order valence-electron chi connectivity index (χ0n) is 13.2. The fourth-order valence-corrected chi connectivity index (χ4v) is 2.64. The molecule has 0 aliphatic rings. The Kier molecular flexibility index (Phi) is 3.63. The van der Waals surface area contributed by atoms with Gasteiger partial charge < -0.3 is 4.98 Å². The summed E-state index contributed by atoms with van der Waals surface area (Å²) in [4.78, 5) is 7.69. The number of para-hydroxylation sites is 1. The molecule has 2 aromatic carbocycles. The van der Waals surface area contributed by atoms with E-state index in [1.807, 2.05) is 49.4 Å². The summed E-state index contributed by atoms with van der Waals surface area (Å²) in [6.07, 6.45) is 0.774. The Morgan fingerprint density at radius 2 is 1.83 bits per heavy atom. The number of rotatable bonds is 4. The van der Waals surface area contributed by atoms with Gasteiger partial charge >= 0.3 is 0 Å². The van der Waals surface area contributed by atoms with Crippen molar-refractivity contribution in [2.24, 2.45) is 5.10 Å².